The quantitative estimate of drug-likeness (QED) is 0.470. The van der Waals surface area contributed by atoms with Gasteiger partial charge in [-0.3, -0.25) is 9.36 Å². The summed E-state index contributed by atoms with van der Waals surface area (Å²) in [6.45, 7) is 1.16. The van der Waals surface area contributed by atoms with E-state index in [0.29, 0.717) is 17.0 Å². The number of carbonyl (C=O) groups excluding carboxylic acids is 1. The molecule has 11 heteroatoms. The minimum absolute atomic E-state index is 0.373. The van der Waals surface area contributed by atoms with Crippen LogP contribution in [-0.2, 0) is 9.53 Å². The Morgan fingerprint density at radius 1 is 1.46 bits per heavy atom. The highest BCUT2D eigenvalue weighted by molar-refractivity contribution is 5.83. The number of fused-ring (bicyclic) bond motifs is 1. The van der Waals surface area contributed by atoms with Crippen LogP contribution >= 0.6 is 0 Å². The number of rotatable bonds is 5. The van der Waals surface area contributed by atoms with Gasteiger partial charge in [0, 0.05) is 14.1 Å². The Bertz CT molecular complexity index is 793. The number of amides is 1. The number of aliphatic hydroxyl groups excluding tert-OH is 2. The number of nitrogens with one attached hydrogen (secondary N) is 1. The molecule has 1 amide bonds. The van der Waals surface area contributed by atoms with Crippen LogP contribution in [0.15, 0.2) is 12.7 Å². The van der Waals surface area contributed by atoms with Gasteiger partial charge in [-0.2, -0.15) is 0 Å². The molecule has 0 saturated carbocycles. The fraction of sp³-hybridized carbons (Fsp3) is 0.600. The number of imidazole rings is 1. The van der Waals surface area contributed by atoms with Gasteiger partial charge in [-0.15, -0.1) is 0 Å². The molecule has 1 aliphatic rings. The summed E-state index contributed by atoms with van der Waals surface area (Å²) in [5.74, 6) is 0.186. The number of ether oxygens (including phenoxy) is 1. The monoisotopic (exact) mass is 365 g/mol. The van der Waals surface area contributed by atoms with Crippen LogP contribution in [0.1, 0.15) is 13.2 Å². The van der Waals surface area contributed by atoms with Gasteiger partial charge in [-0.25, -0.2) is 15.0 Å². The molecule has 0 aromatic carbocycles. The summed E-state index contributed by atoms with van der Waals surface area (Å²) in [4.78, 5) is 26.4. The van der Waals surface area contributed by atoms with E-state index in [-0.39, 0.29) is 6.61 Å². The molecule has 3 heterocycles. The van der Waals surface area contributed by atoms with E-state index in [1.807, 2.05) is 14.1 Å². The molecule has 5 N–H and O–H groups in total. The predicted molar refractivity (Wildman–Crippen MR) is 92.2 cm³/mol. The van der Waals surface area contributed by atoms with Crippen molar-refractivity contribution in [2.24, 2.45) is 5.73 Å². The SMILES string of the molecule is C[C@@H](N)C(=O)N[C@@H]1[C@@H](CO)OC(n2cnc3c(N(C)C)ncnc32)[C@@H]1O. The highest BCUT2D eigenvalue weighted by Gasteiger charge is 2.46. The molecule has 2 aromatic heterocycles. The van der Waals surface area contributed by atoms with E-state index < -0.39 is 36.4 Å². The molecule has 5 atom stereocenters. The van der Waals surface area contributed by atoms with Crippen LogP contribution in [0.25, 0.3) is 11.2 Å². The van der Waals surface area contributed by atoms with E-state index in [1.54, 1.807) is 9.47 Å². The van der Waals surface area contributed by atoms with Crippen LogP contribution in [0.4, 0.5) is 5.82 Å². The summed E-state index contributed by atoms with van der Waals surface area (Å²) in [5.41, 5.74) is 6.59. The van der Waals surface area contributed by atoms with E-state index >= 15 is 0 Å². The van der Waals surface area contributed by atoms with Crippen LogP contribution in [0.2, 0.25) is 0 Å². The van der Waals surface area contributed by atoms with Crippen LogP contribution < -0.4 is 16.0 Å². The number of nitrogens with zero attached hydrogens (tertiary/aromatic N) is 5. The fourth-order valence-electron chi connectivity index (χ4n) is 2.96. The number of nitrogens with two attached hydrogens (primary N) is 1. The topological polar surface area (TPSA) is 152 Å². The molecule has 0 spiro atoms. The Labute approximate surface area is 149 Å². The molecule has 11 nitrogen and oxygen atoms in total. The number of hydrogen-bond donors (Lipinski definition) is 4. The molecule has 2 aromatic rings. The van der Waals surface area contributed by atoms with Crippen molar-refractivity contribution in [1.82, 2.24) is 24.8 Å². The molecule has 0 radical (unpaired) electrons. The van der Waals surface area contributed by atoms with E-state index in [1.165, 1.54) is 19.6 Å². The molecule has 0 aliphatic carbocycles. The van der Waals surface area contributed by atoms with Crippen molar-refractivity contribution in [2.75, 3.05) is 25.6 Å². The van der Waals surface area contributed by atoms with Gasteiger partial charge in [0.2, 0.25) is 5.91 Å². The minimum Gasteiger partial charge on any atom is -0.394 e. The highest BCUT2D eigenvalue weighted by Crippen LogP contribution is 2.32. The summed E-state index contributed by atoms with van der Waals surface area (Å²) in [6.07, 6.45) is 0.108. The highest BCUT2D eigenvalue weighted by atomic mass is 16.5. The van der Waals surface area contributed by atoms with Gasteiger partial charge in [0.15, 0.2) is 23.2 Å². The normalized spacial score (nSPS) is 26.8. The third-order valence-corrected chi connectivity index (χ3v) is 4.31. The Morgan fingerprint density at radius 3 is 2.81 bits per heavy atom. The van der Waals surface area contributed by atoms with Crippen molar-refractivity contribution >= 4 is 22.9 Å². The lowest BCUT2D eigenvalue weighted by Crippen LogP contribution is -2.52. The standard InChI is InChI=1S/C15H23N7O4/c1-7(16)14(25)20-9-8(4-23)26-15(11(9)24)22-6-19-10-12(21(2)3)17-5-18-13(10)22/h5-9,11,15,23-24H,4,16H2,1-3H3,(H,20,25)/t7-,8-,9-,11-,15?/m1/s1. The number of aliphatic hydroxyl groups is 2. The zero-order chi connectivity index (χ0) is 19.0. The number of carbonyl (C=O) groups is 1. The van der Waals surface area contributed by atoms with Gasteiger partial charge in [0.1, 0.15) is 18.5 Å². The third kappa shape index (κ3) is 3.09. The lowest BCUT2D eigenvalue weighted by molar-refractivity contribution is -0.123. The Kier molecular flexibility index (Phi) is 5.05. The summed E-state index contributed by atoms with van der Waals surface area (Å²) in [6, 6.07) is -1.55. The van der Waals surface area contributed by atoms with E-state index in [9.17, 15) is 15.0 Å². The Morgan fingerprint density at radius 2 is 2.19 bits per heavy atom. The maximum Gasteiger partial charge on any atom is 0.237 e. The largest absolute Gasteiger partial charge is 0.394 e. The first-order valence-electron chi connectivity index (χ1n) is 8.20. The van der Waals surface area contributed by atoms with Crippen molar-refractivity contribution in [1.29, 1.82) is 0 Å². The van der Waals surface area contributed by atoms with E-state index in [0.717, 1.165) is 0 Å². The molecule has 3 rings (SSSR count). The third-order valence-electron chi connectivity index (χ3n) is 4.31. The number of anilines is 1. The number of aromatic nitrogens is 4. The van der Waals surface area contributed by atoms with Gasteiger partial charge in [0.25, 0.3) is 0 Å². The molecular weight excluding hydrogens is 342 g/mol. The lowest BCUT2D eigenvalue weighted by atomic mass is 10.1. The van der Waals surface area contributed by atoms with Crippen molar-refractivity contribution in [3.05, 3.63) is 12.7 Å². The Hall–Kier alpha value is -2.34. The predicted octanol–water partition coefficient (Wildman–Crippen LogP) is -2.03. The lowest BCUT2D eigenvalue weighted by Gasteiger charge is -2.21. The van der Waals surface area contributed by atoms with Crippen LogP contribution in [0.5, 0.6) is 0 Å². The molecule has 26 heavy (non-hydrogen) atoms. The van der Waals surface area contributed by atoms with Crippen molar-refractivity contribution in [2.45, 2.75) is 37.4 Å². The molecule has 0 bridgehead atoms. The van der Waals surface area contributed by atoms with E-state index in [2.05, 4.69) is 20.3 Å². The number of hydrogen-bond acceptors (Lipinski definition) is 9. The fourth-order valence-corrected chi connectivity index (χ4v) is 2.96. The average molecular weight is 365 g/mol. The molecule has 142 valence electrons. The zero-order valence-corrected chi connectivity index (χ0v) is 14.8. The van der Waals surface area contributed by atoms with Crippen molar-refractivity contribution in [3.8, 4) is 0 Å². The van der Waals surface area contributed by atoms with Crippen molar-refractivity contribution in [3.63, 3.8) is 0 Å². The first-order valence-corrected chi connectivity index (χ1v) is 8.20. The first kappa shape index (κ1) is 18.5. The maximum atomic E-state index is 11.9. The Balaban J connectivity index is 1.94. The second-order valence-electron chi connectivity index (χ2n) is 6.48. The molecule has 1 saturated heterocycles. The molecule has 1 unspecified atom stereocenters. The van der Waals surface area contributed by atoms with Crippen LogP contribution in [-0.4, -0.2) is 80.6 Å². The summed E-state index contributed by atoms with van der Waals surface area (Å²) < 4.78 is 7.33. The maximum absolute atomic E-state index is 11.9. The smallest absolute Gasteiger partial charge is 0.237 e. The summed E-state index contributed by atoms with van der Waals surface area (Å²) in [7, 11) is 3.67. The van der Waals surface area contributed by atoms with Gasteiger partial charge in [-0.1, -0.05) is 0 Å². The van der Waals surface area contributed by atoms with Crippen LogP contribution in [0.3, 0.4) is 0 Å². The molecule has 1 fully saturated rings. The average Bonchev–Trinajstić information content (AvgIpc) is 3.16. The summed E-state index contributed by atoms with van der Waals surface area (Å²) in [5, 5.41) is 22.9. The van der Waals surface area contributed by atoms with Gasteiger partial charge < -0.3 is 30.9 Å². The first-order chi connectivity index (χ1) is 12.3. The minimum atomic E-state index is -1.12. The zero-order valence-electron chi connectivity index (χ0n) is 14.8. The second-order valence-corrected chi connectivity index (χ2v) is 6.48. The molecular formula is C15H23N7O4. The van der Waals surface area contributed by atoms with E-state index in [4.69, 9.17) is 10.5 Å². The van der Waals surface area contributed by atoms with Gasteiger partial charge >= 0.3 is 0 Å². The van der Waals surface area contributed by atoms with Gasteiger partial charge in [0.05, 0.1) is 25.0 Å². The summed E-state index contributed by atoms with van der Waals surface area (Å²) >= 11 is 0. The second kappa shape index (κ2) is 7.11. The van der Waals surface area contributed by atoms with Crippen molar-refractivity contribution < 1.29 is 19.7 Å². The van der Waals surface area contributed by atoms with Gasteiger partial charge in [-0.05, 0) is 6.92 Å². The van der Waals surface area contributed by atoms with Crippen LogP contribution in [0, 0.1) is 0 Å². The molecule has 1 aliphatic heterocycles.